The number of benzene rings is 2. The number of anilines is 1. The van der Waals surface area contributed by atoms with E-state index in [9.17, 15) is 0 Å². The van der Waals surface area contributed by atoms with Crippen molar-refractivity contribution in [3.63, 3.8) is 0 Å². The van der Waals surface area contributed by atoms with Gasteiger partial charge in [0.25, 0.3) is 0 Å². The average Bonchev–Trinajstić information content (AvgIpc) is 3.29. The molecular weight excluding hydrogens is 378 g/mol. The number of nitrogens with one attached hydrogen (secondary N) is 1. The van der Waals surface area contributed by atoms with Crippen molar-refractivity contribution in [2.45, 2.75) is 51.1 Å². The van der Waals surface area contributed by atoms with Crippen molar-refractivity contribution < 1.29 is 9.47 Å². The Kier molecular flexibility index (Phi) is 6.47. The topological polar surface area (TPSA) is 74.1 Å². The Bertz CT molecular complexity index is 918. The van der Waals surface area contributed by atoms with Crippen LogP contribution in [0.5, 0.6) is 11.5 Å². The maximum Gasteiger partial charge on any atom is 0.178 e. The number of aromatic nitrogens is 4. The first kappa shape index (κ1) is 20.2. The smallest absolute Gasteiger partial charge is 0.178 e. The van der Waals surface area contributed by atoms with Crippen LogP contribution in [0.1, 0.15) is 62.5 Å². The molecule has 158 valence electrons. The lowest BCUT2D eigenvalue weighted by Crippen LogP contribution is -2.23. The van der Waals surface area contributed by atoms with Gasteiger partial charge in [0.15, 0.2) is 5.82 Å². The minimum Gasteiger partial charge on any atom is -0.497 e. The number of rotatable bonds is 8. The molecule has 0 amide bonds. The van der Waals surface area contributed by atoms with Gasteiger partial charge in [-0.3, -0.25) is 0 Å². The molecule has 1 aliphatic rings. The summed E-state index contributed by atoms with van der Waals surface area (Å²) in [5.41, 5.74) is 2.06. The SMILES string of the molecule is CCOc1ccc(NC(c2ccc(OC)cc2)c2nnnn2C2CCCCC2)cc1. The first-order valence-corrected chi connectivity index (χ1v) is 10.7. The summed E-state index contributed by atoms with van der Waals surface area (Å²) in [5.74, 6) is 2.52. The summed E-state index contributed by atoms with van der Waals surface area (Å²) in [6.07, 6.45) is 5.99. The Labute approximate surface area is 177 Å². The summed E-state index contributed by atoms with van der Waals surface area (Å²) in [7, 11) is 1.67. The van der Waals surface area contributed by atoms with Crippen LogP contribution >= 0.6 is 0 Å². The fraction of sp³-hybridized carbons (Fsp3) is 0.435. The zero-order chi connectivity index (χ0) is 20.8. The number of hydrogen-bond acceptors (Lipinski definition) is 6. The number of tetrazole rings is 1. The van der Waals surface area contributed by atoms with Crippen LogP contribution in [0.3, 0.4) is 0 Å². The van der Waals surface area contributed by atoms with E-state index in [1.54, 1.807) is 7.11 Å². The summed E-state index contributed by atoms with van der Waals surface area (Å²) in [4.78, 5) is 0. The maximum absolute atomic E-state index is 5.57. The molecular formula is C23H29N5O2. The molecule has 30 heavy (non-hydrogen) atoms. The van der Waals surface area contributed by atoms with Gasteiger partial charge in [-0.1, -0.05) is 31.4 Å². The molecule has 0 aliphatic heterocycles. The van der Waals surface area contributed by atoms with Crippen LogP contribution in [-0.2, 0) is 0 Å². The van der Waals surface area contributed by atoms with Gasteiger partial charge in [-0.15, -0.1) is 5.10 Å². The molecule has 0 bridgehead atoms. The molecule has 2 aromatic carbocycles. The molecule has 1 atom stereocenters. The minimum atomic E-state index is -0.175. The summed E-state index contributed by atoms with van der Waals surface area (Å²) >= 11 is 0. The van der Waals surface area contributed by atoms with Crippen LogP contribution in [0.25, 0.3) is 0 Å². The Morgan fingerprint density at radius 3 is 2.37 bits per heavy atom. The second-order valence-electron chi connectivity index (χ2n) is 7.58. The van der Waals surface area contributed by atoms with E-state index >= 15 is 0 Å². The Morgan fingerprint density at radius 2 is 1.70 bits per heavy atom. The van der Waals surface area contributed by atoms with Gasteiger partial charge in [0.2, 0.25) is 0 Å². The van der Waals surface area contributed by atoms with E-state index in [0.717, 1.165) is 41.4 Å². The van der Waals surface area contributed by atoms with Crippen molar-refractivity contribution >= 4 is 5.69 Å². The predicted octanol–water partition coefficient (Wildman–Crippen LogP) is 4.79. The molecule has 1 saturated carbocycles. The fourth-order valence-electron chi connectivity index (χ4n) is 4.05. The second-order valence-corrected chi connectivity index (χ2v) is 7.58. The van der Waals surface area contributed by atoms with Crippen molar-refractivity contribution in [3.8, 4) is 11.5 Å². The van der Waals surface area contributed by atoms with Crippen molar-refractivity contribution in [1.82, 2.24) is 20.2 Å². The lowest BCUT2D eigenvalue weighted by Gasteiger charge is -2.26. The normalized spacial score (nSPS) is 15.5. The highest BCUT2D eigenvalue weighted by Crippen LogP contribution is 2.33. The third-order valence-corrected chi connectivity index (χ3v) is 5.62. The Hall–Kier alpha value is -3.09. The van der Waals surface area contributed by atoms with Gasteiger partial charge in [-0.25, -0.2) is 4.68 Å². The zero-order valence-electron chi connectivity index (χ0n) is 17.6. The predicted molar refractivity (Wildman–Crippen MR) is 116 cm³/mol. The number of hydrogen-bond donors (Lipinski definition) is 1. The van der Waals surface area contributed by atoms with Gasteiger partial charge in [-0.2, -0.15) is 0 Å². The van der Waals surface area contributed by atoms with Crippen LogP contribution in [0, 0.1) is 0 Å². The molecule has 1 aromatic heterocycles. The third kappa shape index (κ3) is 4.56. The van der Waals surface area contributed by atoms with Gasteiger partial charge in [0, 0.05) is 5.69 Å². The third-order valence-electron chi connectivity index (χ3n) is 5.62. The highest BCUT2D eigenvalue weighted by molar-refractivity contribution is 5.50. The van der Waals surface area contributed by atoms with E-state index in [1.165, 1.54) is 19.3 Å². The number of nitrogens with zero attached hydrogens (tertiary/aromatic N) is 4. The summed E-state index contributed by atoms with van der Waals surface area (Å²) in [6.45, 7) is 2.63. The highest BCUT2D eigenvalue weighted by atomic mass is 16.5. The van der Waals surface area contributed by atoms with Crippen LogP contribution in [0.2, 0.25) is 0 Å². The van der Waals surface area contributed by atoms with Crippen molar-refractivity contribution in [3.05, 3.63) is 59.9 Å². The lowest BCUT2D eigenvalue weighted by atomic mass is 9.95. The molecule has 1 unspecified atom stereocenters. The molecule has 0 radical (unpaired) electrons. The van der Waals surface area contributed by atoms with E-state index < -0.39 is 0 Å². The van der Waals surface area contributed by atoms with Crippen LogP contribution in [0.15, 0.2) is 48.5 Å². The monoisotopic (exact) mass is 407 g/mol. The van der Waals surface area contributed by atoms with E-state index in [4.69, 9.17) is 9.47 Å². The van der Waals surface area contributed by atoms with E-state index in [-0.39, 0.29) is 6.04 Å². The Balaban J connectivity index is 1.66. The van der Waals surface area contributed by atoms with E-state index in [2.05, 4.69) is 33.0 Å². The summed E-state index contributed by atoms with van der Waals surface area (Å²) < 4.78 is 12.9. The number of ether oxygens (including phenoxy) is 2. The lowest BCUT2D eigenvalue weighted by molar-refractivity contribution is 0.315. The highest BCUT2D eigenvalue weighted by Gasteiger charge is 2.26. The minimum absolute atomic E-state index is 0.175. The average molecular weight is 408 g/mol. The van der Waals surface area contributed by atoms with Crippen LogP contribution < -0.4 is 14.8 Å². The van der Waals surface area contributed by atoms with E-state index in [0.29, 0.717) is 12.6 Å². The quantitative estimate of drug-likeness (QED) is 0.579. The van der Waals surface area contributed by atoms with Gasteiger partial charge < -0.3 is 14.8 Å². The molecule has 3 aromatic rings. The molecule has 0 saturated heterocycles. The maximum atomic E-state index is 5.57. The zero-order valence-corrected chi connectivity index (χ0v) is 17.6. The molecule has 0 spiro atoms. The van der Waals surface area contributed by atoms with Crippen LogP contribution in [-0.4, -0.2) is 33.9 Å². The second kappa shape index (κ2) is 9.61. The summed E-state index contributed by atoms with van der Waals surface area (Å²) in [5, 5.41) is 16.5. The van der Waals surface area contributed by atoms with Gasteiger partial charge in [0.05, 0.1) is 19.8 Å². The molecule has 1 fully saturated rings. The number of methoxy groups -OCH3 is 1. The van der Waals surface area contributed by atoms with Crippen molar-refractivity contribution in [2.24, 2.45) is 0 Å². The first-order valence-electron chi connectivity index (χ1n) is 10.7. The summed E-state index contributed by atoms with van der Waals surface area (Å²) in [6, 6.07) is 16.2. The molecule has 1 heterocycles. The van der Waals surface area contributed by atoms with Crippen molar-refractivity contribution in [2.75, 3.05) is 19.0 Å². The molecule has 7 nitrogen and oxygen atoms in total. The first-order chi connectivity index (χ1) is 14.8. The molecule has 1 aliphatic carbocycles. The van der Waals surface area contributed by atoms with Crippen LogP contribution in [0.4, 0.5) is 5.69 Å². The molecule has 1 N–H and O–H groups in total. The van der Waals surface area contributed by atoms with E-state index in [1.807, 2.05) is 48.0 Å². The van der Waals surface area contributed by atoms with Gasteiger partial charge in [0.1, 0.15) is 17.5 Å². The van der Waals surface area contributed by atoms with Gasteiger partial charge >= 0.3 is 0 Å². The standard InChI is InChI=1S/C23H29N5O2/c1-3-30-21-15-11-18(12-16-21)24-22(17-9-13-20(29-2)14-10-17)23-25-26-27-28(23)19-7-5-4-6-8-19/h9-16,19,22,24H,3-8H2,1-2H3. The molecule has 4 rings (SSSR count). The Morgan fingerprint density at radius 1 is 1.00 bits per heavy atom. The van der Waals surface area contributed by atoms with Crippen molar-refractivity contribution in [1.29, 1.82) is 0 Å². The fourth-order valence-corrected chi connectivity index (χ4v) is 4.05. The molecule has 7 heteroatoms. The van der Waals surface area contributed by atoms with Gasteiger partial charge in [-0.05, 0) is 72.2 Å². The largest absolute Gasteiger partial charge is 0.497 e.